The fourth-order valence-corrected chi connectivity index (χ4v) is 5.02. The van der Waals surface area contributed by atoms with Crippen LogP contribution in [0.25, 0.3) is 0 Å². The van der Waals surface area contributed by atoms with E-state index in [9.17, 15) is 9.18 Å². The molecule has 28 heavy (non-hydrogen) atoms. The Morgan fingerprint density at radius 1 is 1.00 bits per heavy atom. The summed E-state index contributed by atoms with van der Waals surface area (Å²) in [5, 5.41) is 0. The van der Waals surface area contributed by atoms with Crippen molar-refractivity contribution >= 4 is 11.6 Å². The molecule has 3 aliphatic rings. The maximum absolute atomic E-state index is 13.1. The van der Waals surface area contributed by atoms with Crippen molar-refractivity contribution in [1.82, 2.24) is 4.90 Å². The van der Waals surface area contributed by atoms with E-state index in [1.54, 1.807) is 0 Å². The lowest BCUT2D eigenvalue weighted by atomic mass is 9.95. The predicted molar refractivity (Wildman–Crippen MR) is 109 cm³/mol. The molecule has 2 aromatic rings. The van der Waals surface area contributed by atoms with E-state index in [-0.39, 0.29) is 17.7 Å². The molecule has 0 radical (unpaired) electrons. The first-order valence-electron chi connectivity index (χ1n) is 10.6. The predicted octanol–water partition coefficient (Wildman–Crippen LogP) is 4.23. The quantitative estimate of drug-likeness (QED) is 0.795. The largest absolute Gasteiger partial charge is 0.371 e. The van der Waals surface area contributed by atoms with Crippen molar-refractivity contribution in [2.75, 3.05) is 31.1 Å². The van der Waals surface area contributed by atoms with Crippen molar-refractivity contribution in [3.63, 3.8) is 0 Å². The van der Waals surface area contributed by atoms with Crippen LogP contribution in [0, 0.1) is 17.7 Å². The van der Waals surface area contributed by atoms with Gasteiger partial charge in [-0.25, -0.2) is 4.39 Å². The van der Waals surface area contributed by atoms with Crippen molar-refractivity contribution in [1.29, 1.82) is 0 Å². The second kappa shape index (κ2) is 7.23. The van der Waals surface area contributed by atoms with Gasteiger partial charge in [0.2, 0.25) is 5.91 Å². The van der Waals surface area contributed by atoms with E-state index in [0.29, 0.717) is 11.8 Å². The number of nitrogens with zero attached hydrogens (tertiary/aromatic N) is 2. The van der Waals surface area contributed by atoms with E-state index in [4.69, 9.17) is 0 Å². The monoisotopic (exact) mass is 378 g/mol. The first-order chi connectivity index (χ1) is 13.7. The number of carbonyl (C=O) groups is 1. The number of fused-ring (bicyclic) bond motifs is 1. The van der Waals surface area contributed by atoms with Crippen LogP contribution in [0.3, 0.4) is 0 Å². The Kier molecular flexibility index (Phi) is 4.58. The van der Waals surface area contributed by atoms with Crippen molar-refractivity contribution in [2.45, 2.75) is 31.6 Å². The van der Waals surface area contributed by atoms with Crippen molar-refractivity contribution in [3.05, 3.63) is 65.5 Å². The third kappa shape index (κ3) is 3.41. The highest BCUT2D eigenvalue weighted by molar-refractivity contribution is 5.83. The fraction of sp³-hybridized carbons (Fsp3) is 0.458. The molecule has 4 heteroatoms. The van der Waals surface area contributed by atoms with Gasteiger partial charge in [-0.15, -0.1) is 0 Å². The first kappa shape index (κ1) is 17.7. The van der Waals surface area contributed by atoms with Gasteiger partial charge in [-0.05, 0) is 66.8 Å². The van der Waals surface area contributed by atoms with Crippen molar-refractivity contribution < 1.29 is 9.18 Å². The minimum Gasteiger partial charge on any atom is -0.371 e. The van der Waals surface area contributed by atoms with E-state index in [0.717, 1.165) is 57.4 Å². The molecule has 2 aliphatic heterocycles. The van der Waals surface area contributed by atoms with Crippen LogP contribution in [-0.2, 0) is 11.2 Å². The summed E-state index contributed by atoms with van der Waals surface area (Å²) in [4.78, 5) is 17.5. The van der Waals surface area contributed by atoms with Crippen LogP contribution < -0.4 is 4.90 Å². The number of halogens is 1. The fourth-order valence-electron chi connectivity index (χ4n) is 5.02. The molecule has 146 valence electrons. The number of hydrogen-bond acceptors (Lipinski definition) is 2. The maximum Gasteiger partial charge on any atom is 0.226 e. The summed E-state index contributed by atoms with van der Waals surface area (Å²) in [5.41, 5.74) is 3.97. The Labute approximate surface area is 166 Å². The van der Waals surface area contributed by atoms with Gasteiger partial charge in [-0.3, -0.25) is 4.79 Å². The minimum atomic E-state index is -0.213. The standard InChI is InChI=1S/C24H27FN2O/c25-20-7-5-18(6-8-20)21-15-22(21)24(28)26-12-9-17(10-13-26)16-27-14-11-19-3-1-2-4-23(19)27/h1-8,17,21-22H,9-16H2. The highest BCUT2D eigenvalue weighted by atomic mass is 19.1. The lowest BCUT2D eigenvalue weighted by Crippen LogP contribution is -2.42. The lowest BCUT2D eigenvalue weighted by Gasteiger charge is -2.34. The Bertz CT molecular complexity index is 857. The van der Waals surface area contributed by atoms with Gasteiger partial charge in [0.1, 0.15) is 5.82 Å². The highest BCUT2D eigenvalue weighted by Gasteiger charge is 2.46. The molecule has 3 nitrogen and oxygen atoms in total. The normalized spacial score (nSPS) is 24.3. The van der Waals surface area contributed by atoms with Gasteiger partial charge in [0, 0.05) is 37.8 Å². The van der Waals surface area contributed by atoms with Crippen molar-refractivity contribution in [3.8, 4) is 0 Å². The van der Waals surface area contributed by atoms with E-state index in [1.165, 1.54) is 23.4 Å². The summed E-state index contributed by atoms with van der Waals surface area (Å²) in [7, 11) is 0. The smallest absolute Gasteiger partial charge is 0.226 e. The second-order valence-corrected chi connectivity index (χ2v) is 8.59. The van der Waals surface area contributed by atoms with Gasteiger partial charge < -0.3 is 9.80 Å². The number of anilines is 1. The Morgan fingerprint density at radius 2 is 1.75 bits per heavy atom. The summed E-state index contributed by atoms with van der Waals surface area (Å²) in [6.07, 6.45) is 4.26. The molecule has 0 N–H and O–H groups in total. The third-order valence-electron chi connectivity index (χ3n) is 6.79. The summed E-state index contributed by atoms with van der Waals surface area (Å²) in [6.45, 7) is 4.00. The van der Waals surface area contributed by atoms with Crippen LogP contribution in [0.2, 0.25) is 0 Å². The molecule has 1 amide bonds. The maximum atomic E-state index is 13.1. The van der Waals surface area contributed by atoms with Crippen LogP contribution in [0.4, 0.5) is 10.1 Å². The molecule has 2 aromatic carbocycles. The zero-order chi connectivity index (χ0) is 19.1. The second-order valence-electron chi connectivity index (χ2n) is 8.59. The molecule has 2 fully saturated rings. The molecule has 0 aromatic heterocycles. The molecule has 1 aliphatic carbocycles. The number of hydrogen-bond donors (Lipinski definition) is 0. The molecular weight excluding hydrogens is 351 g/mol. The van der Waals surface area contributed by atoms with E-state index in [1.807, 2.05) is 12.1 Å². The molecule has 0 bridgehead atoms. The third-order valence-corrected chi connectivity index (χ3v) is 6.79. The summed E-state index contributed by atoms with van der Waals surface area (Å²) < 4.78 is 13.1. The zero-order valence-corrected chi connectivity index (χ0v) is 16.2. The molecule has 2 heterocycles. The van der Waals surface area contributed by atoms with Gasteiger partial charge in [-0.1, -0.05) is 30.3 Å². The zero-order valence-electron chi connectivity index (χ0n) is 16.2. The van der Waals surface area contributed by atoms with Gasteiger partial charge in [-0.2, -0.15) is 0 Å². The van der Waals surface area contributed by atoms with E-state index in [2.05, 4.69) is 34.1 Å². The molecule has 2 atom stereocenters. The van der Waals surface area contributed by atoms with Crippen LogP contribution in [0.15, 0.2) is 48.5 Å². The minimum absolute atomic E-state index is 0.104. The van der Waals surface area contributed by atoms with Gasteiger partial charge in [0.05, 0.1) is 0 Å². The van der Waals surface area contributed by atoms with E-state index >= 15 is 0 Å². The number of amides is 1. The highest BCUT2D eigenvalue weighted by Crippen LogP contribution is 2.48. The van der Waals surface area contributed by atoms with Gasteiger partial charge in [0.15, 0.2) is 0 Å². The van der Waals surface area contributed by atoms with Crippen LogP contribution in [0.5, 0.6) is 0 Å². The molecule has 5 rings (SSSR count). The van der Waals surface area contributed by atoms with Crippen molar-refractivity contribution in [2.24, 2.45) is 11.8 Å². The Hall–Kier alpha value is -2.36. The van der Waals surface area contributed by atoms with Crippen LogP contribution in [-0.4, -0.2) is 37.0 Å². The molecular formula is C24H27FN2O. The number of piperidine rings is 1. The Balaban J connectivity index is 1.13. The molecule has 2 unspecified atom stereocenters. The van der Waals surface area contributed by atoms with Gasteiger partial charge >= 0.3 is 0 Å². The first-order valence-corrected chi connectivity index (χ1v) is 10.6. The number of para-hydroxylation sites is 1. The number of benzene rings is 2. The lowest BCUT2D eigenvalue weighted by molar-refractivity contribution is -0.134. The summed E-state index contributed by atoms with van der Waals surface area (Å²) in [6, 6.07) is 15.4. The number of rotatable bonds is 4. The van der Waals surface area contributed by atoms with Crippen LogP contribution in [0.1, 0.15) is 36.3 Å². The summed E-state index contributed by atoms with van der Waals surface area (Å²) >= 11 is 0. The average Bonchev–Trinajstić information content (AvgIpc) is 3.43. The van der Waals surface area contributed by atoms with E-state index < -0.39 is 0 Å². The topological polar surface area (TPSA) is 23.6 Å². The SMILES string of the molecule is O=C(C1CC1c1ccc(F)cc1)N1CCC(CN2CCc3ccccc32)CC1. The van der Waals surface area contributed by atoms with Crippen LogP contribution >= 0.6 is 0 Å². The van der Waals surface area contributed by atoms with Gasteiger partial charge in [0.25, 0.3) is 0 Å². The number of likely N-dealkylation sites (tertiary alicyclic amines) is 1. The number of carbonyl (C=O) groups excluding carboxylic acids is 1. The Morgan fingerprint density at radius 3 is 2.54 bits per heavy atom. The summed E-state index contributed by atoms with van der Waals surface area (Å²) in [5.74, 6) is 1.15. The molecule has 0 spiro atoms. The molecule has 1 saturated heterocycles. The molecule has 1 saturated carbocycles. The average molecular weight is 378 g/mol.